The van der Waals surface area contributed by atoms with Crippen molar-refractivity contribution in [3.8, 4) is 0 Å². The van der Waals surface area contributed by atoms with Crippen LogP contribution >= 0.6 is 0 Å². The first-order valence-corrected chi connectivity index (χ1v) is 8.31. The summed E-state index contributed by atoms with van der Waals surface area (Å²) in [4.78, 5) is 49.5. The second-order valence-corrected chi connectivity index (χ2v) is 7.69. The number of imide groups is 2. The minimum absolute atomic E-state index is 0.0277. The Hall–Kier alpha value is -2.12. The summed E-state index contributed by atoms with van der Waals surface area (Å²) in [6, 6.07) is -1.22. The summed E-state index contributed by atoms with van der Waals surface area (Å²) in [6.07, 6.45) is 3.34. The van der Waals surface area contributed by atoms with Gasteiger partial charge in [0.05, 0.1) is 0 Å². The highest BCUT2D eigenvalue weighted by atomic mass is 16.2. The van der Waals surface area contributed by atoms with Crippen LogP contribution in [-0.4, -0.2) is 46.4 Å². The molecule has 1 saturated carbocycles. The molecule has 1 aliphatic heterocycles. The zero-order valence-electron chi connectivity index (χ0n) is 14.7. The van der Waals surface area contributed by atoms with Gasteiger partial charge in [-0.05, 0) is 39.5 Å². The molecule has 6 amide bonds. The first-order chi connectivity index (χ1) is 11.0. The maximum Gasteiger partial charge on any atom is 0.325 e. The molecule has 2 aliphatic rings. The van der Waals surface area contributed by atoms with Crippen molar-refractivity contribution >= 4 is 23.9 Å². The molecule has 0 aromatic carbocycles. The van der Waals surface area contributed by atoms with Crippen LogP contribution in [0.15, 0.2) is 0 Å². The quantitative estimate of drug-likeness (QED) is 0.656. The normalized spacial score (nSPS) is 27.2. The Morgan fingerprint density at radius 1 is 1.29 bits per heavy atom. The third-order valence-corrected chi connectivity index (χ3v) is 4.54. The predicted octanol–water partition coefficient (Wildman–Crippen LogP) is 1.11. The van der Waals surface area contributed by atoms with Gasteiger partial charge in [0.1, 0.15) is 12.1 Å². The molecule has 0 radical (unpaired) electrons. The van der Waals surface area contributed by atoms with Gasteiger partial charge >= 0.3 is 12.1 Å². The van der Waals surface area contributed by atoms with E-state index in [0.29, 0.717) is 6.42 Å². The molecular weight excluding hydrogens is 312 g/mol. The third-order valence-electron chi connectivity index (χ3n) is 4.54. The van der Waals surface area contributed by atoms with Gasteiger partial charge in [-0.1, -0.05) is 19.8 Å². The van der Waals surface area contributed by atoms with Gasteiger partial charge in [0.2, 0.25) is 5.91 Å². The number of rotatable bonds is 2. The van der Waals surface area contributed by atoms with Crippen molar-refractivity contribution in [2.24, 2.45) is 5.92 Å². The van der Waals surface area contributed by atoms with Crippen molar-refractivity contribution in [3.05, 3.63) is 0 Å². The lowest BCUT2D eigenvalue weighted by Crippen LogP contribution is -2.54. The molecular formula is C16H26N4O4. The molecule has 1 saturated heterocycles. The van der Waals surface area contributed by atoms with E-state index in [0.717, 1.165) is 24.2 Å². The lowest BCUT2D eigenvalue weighted by atomic mass is 9.73. The largest absolute Gasteiger partial charge is 0.333 e. The van der Waals surface area contributed by atoms with E-state index < -0.39 is 35.6 Å². The summed E-state index contributed by atoms with van der Waals surface area (Å²) in [5, 5.41) is 7.50. The van der Waals surface area contributed by atoms with E-state index in [1.165, 1.54) is 0 Å². The first kappa shape index (κ1) is 18.2. The molecule has 2 atom stereocenters. The number of hydrogen-bond donors (Lipinski definition) is 3. The molecule has 24 heavy (non-hydrogen) atoms. The Labute approximate surface area is 141 Å². The molecule has 2 fully saturated rings. The minimum Gasteiger partial charge on any atom is -0.333 e. The lowest BCUT2D eigenvalue weighted by Gasteiger charge is -2.36. The SMILES string of the molecule is C[C@@H]1CCCC[C@@]12NC(=O)N(CC(=O)NC(=O)NC(C)(C)C)C2=O. The van der Waals surface area contributed by atoms with Crippen LogP contribution in [0.4, 0.5) is 9.59 Å². The van der Waals surface area contributed by atoms with E-state index in [2.05, 4.69) is 16.0 Å². The fourth-order valence-corrected chi connectivity index (χ4v) is 3.32. The van der Waals surface area contributed by atoms with Gasteiger partial charge in [-0.2, -0.15) is 0 Å². The van der Waals surface area contributed by atoms with Crippen LogP contribution in [-0.2, 0) is 9.59 Å². The molecule has 2 rings (SSSR count). The highest BCUT2D eigenvalue weighted by Gasteiger charge is 2.55. The molecule has 0 bridgehead atoms. The zero-order chi connectivity index (χ0) is 18.1. The third kappa shape index (κ3) is 3.68. The maximum atomic E-state index is 12.7. The van der Waals surface area contributed by atoms with Gasteiger partial charge in [-0.15, -0.1) is 0 Å². The highest BCUT2D eigenvalue weighted by Crippen LogP contribution is 2.38. The summed E-state index contributed by atoms with van der Waals surface area (Å²) >= 11 is 0. The number of carbonyl (C=O) groups excluding carboxylic acids is 4. The van der Waals surface area contributed by atoms with Crippen LogP contribution < -0.4 is 16.0 Å². The van der Waals surface area contributed by atoms with E-state index in [-0.39, 0.29) is 11.8 Å². The van der Waals surface area contributed by atoms with Crippen LogP contribution in [0.1, 0.15) is 53.4 Å². The molecule has 3 N–H and O–H groups in total. The fourth-order valence-electron chi connectivity index (χ4n) is 3.32. The van der Waals surface area contributed by atoms with E-state index in [1.807, 2.05) is 6.92 Å². The van der Waals surface area contributed by atoms with E-state index in [4.69, 9.17) is 0 Å². The summed E-state index contributed by atoms with van der Waals surface area (Å²) < 4.78 is 0. The molecule has 8 nitrogen and oxygen atoms in total. The average molecular weight is 338 g/mol. The van der Waals surface area contributed by atoms with Crippen molar-refractivity contribution in [2.45, 2.75) is 64.5 Å². The summed E-state index contributed by atoms with van der Waals surface area (Å²) in [7, 11) is 0. The van der Waals surface area contributed by atoms with Crippen molar-refractivity contribution in [3.63, 3.8) is 0 Å². The van der Waals surface area contributed by atoms with Gasteiger partial charge < -0.3 is 10.6 Å². The van der Waals surface area contributed by atoms with E-state index in [1.54, 1.807) is 20.8 Å². The number of amides is 6. The smallest absolute Gasteiger partial charge is 0.325 e. The number of carbonyl (C=O) groups is 4. The van der Waals surface area contributed by atoms with E-state index >= 15 is 0 Å². The Morgan fingerprint density at radius 3 is 2.54 bits per heavy atom. The van der Waals surface area contributed by atoms with E-state index in [9.17, 15) is 19.2 Å². The Morgan fingerprint density at radius 2 is 1.96 bits per heavy atom. The molecule has 134 valence electrons. The minimum atomic E-state index is -0.900. The number of urea groups is 2. The number of hydrogen-bond acceptors (Lipinski definition) is 4. The van der Waals surface area contributed by atoms with Crippen LogP contribution in [0, 0.1) is 5.92 Å². The highest BCUT2D eigenvalue weighted by molar-refractivity contribution is 6.10. The molecule has 1 heterocycles. The van der Waals surface area contributed by atoms with Crippen molar-refractivity contribution in [1.29, 1.82) is 0 Å². The molecule has 8 heteroatoms. The van der Waals surface area contributed by atoms with Gasteiger partial charge in [-0.25, -0.2) is 9.59 Å². The summed E-state index contributed by atoms with van der Waals surface area (Å²) in [6.45, 7) is 6.82. The summed E-state index contributed by atoms with van der Waals surface area (Å²) in [5.41, 5.74) is -1.39. The monoisotopic (exact) mass is 338 g/mol. The molecule has 1 aliphatic carbocycles. The van der Waals surface area contributed by atoms with Gasteiger partial charge in [0.15, 0.2) is 0 Å². The van der Waals surface area contributed by atoms with Crippen molar-refractivity contribution in [1.82, 2.24) is 20.9 Å². The Bertz CT molecular complexity index is 569. The van der Waals surface area contributed by atoms with Gasteiger partial charge in [0.25, 0.3) is 5.91 Å². The zero-order valence-corrected chi connectivity index (χ0v) is 14.7. The topological polar surface area (TPSA) is 108 Å². The predicted molar refractivity (Wildman–Crippen MR) is 87.0 cm³/mol. The van der Waals surface area contributed by atoms with Crippen molar-refractivity contribution in [2.75, 3.05) is 6.54 Å². The number of nitrogens with one attached hydrogen (secondary N) is 3. The summed E-state index contributed by atoms with van der Waals surface area (Å²) in [5.74, 6) is -1.04. The second kappa shape index (κ2) is 6.41. The van der Waals surface area contributed by atoms with Crippen LogP contribution in [0.25, 0.3) is 0 Å². The number of nitrogens with zero attached hydrogens (tertiary/aromatic N) is 1. The Kier molecular flexibility index (Phi) is 4.87. The van der Waals surface area contributed by atoms with Crippen molar-refractivity contribution < 1.29 is 19.2 Å². The second-order valence-electron chi connectivity index (χ2n) is 7.69. The molecule has 0 unspecified atom stereocenters. The first-order valence-electron chi connectivity index (χ1n) is 8.31. The molecule has 0 aromatic heterocycles. The Balaban J connectivity index is 2.00. The maximum absolute atomic E-state index is 12.7. The lowest BCUT2D eigenvalue weighted by molar-refractivity contribution is -0.137. The van der Waals surface area contributed by atoms with Crippen LogP contribution in [0.3, 0.4) is 0 Å². The molecule has 0 aromatic rings. The van der Waals surface area contributed by atoms with Gasteiger partial charge in [0, 0.05) is 5.54 Å². The van der Waals surface area contributed by atoms with Crippen LogP contribution in [0.2, 0.25) is 0 Å². The standard InChI is InChI=1S/C16H26N4O4/c1-10-7-5-6-8-16(10)12(22)20(14(24)19-16)9-11(21)17-13(23)18-15(2,3)4/h10H,5-9H2,1-4H3,(H,19,24)(H2,17,18,21,23)/t10-,16-/m1/s1. The molecule has 1 spiro atoms. The average Bonchev–Trinajstić information content (AvgIpc) is 2.65. The van der Waals surface area contributed by atoms with Gasteiger partial charge in [-0.3, -0.25) is 19.8 Å². The fraction of sp³-hybridized carbons (Fsp3) is 0.750. The van der Waals surface area contributed by atoms with Crippen LogP contribution in [0.5, 0.6) is 0 Å².